The molecule has 0 aliphatic heterocycles. The van der Waals surface area contributed by atoms with Gasteiger partial charge in [0.15, 0.2) is 0 Å². The van der Waals surface area contributed by atoms with Crippen molar-refractivity contribution in [2.24, 2.45) is 0 Å². The number of nitrogens with one attached hydrogen (secondary N) is 1. The Hall–Kier alpha value is -2.72. The first kappa shape index (κ1) is 15.8. The number of nitrogen functional groups attached to an aromatic ring is 3. The smallest absolute Gasteiger partial charge is 0.146 e. The van der Waals surface area contributed by atoms with Crippen LogP contribution in [0.4, 0.5) is 21.4 Å². The third-order valence-electron chi connectivity index (χ3n) is 3.84. The zero-order chi connectivity index (χ0) is 17.7. The highest BCUT2D eigenvalue weighted by atomic mass is 32.1. The molecule has 1 atom stereocenters. The number of nitrogens with zero attached hydrogens (tertiary/aromatic N) is 4. The highest BCUT2D eigenvalue weighted by Crippen LogP contribution is 2.38. The van der Waals surface area contributed by atoms with E-state index in [1.165, 1.54) is 22.7 Å². The normalized spacial score (nSPS) is 12.7. The number of thiophene rings is 2. The lowest BCUT2D eigenvalue weighted by molar-refractivity contribution is 0.843. The van der Waals surface area contributed by atoms with Crippen LogP contribution in [-0.4, -0.2) is 19.9 Å². The van der Waals surface area contributed by atoms with Gasteiger partial charge < -0.3 is 22.5 Å². The average Bonchev–Trinajstić information content (AvgIpc) is 3.04. The monoisotopic (exact) mass is 372 g/mol. The van der Waals surface area contributed by atoms with Gasteiger partial charge in [0, 0.05) is 6.20 Å². The van der Waals surface area contributed by atoms with Crippen molar-refractivity contribution >= 4 is 64.7 Å². The van der Waals surface area contributed by atoms with E-state index >= 15 is 0 Å². The van der Waals surface area contributed by atoms with Crippen LogP contribution >= 0.6 is 22.7 Å². The summed E-state index contributed by atoms with van der Waals surface area (Å²) in [7, 11) is 0. The maximum Gasteiger partial charge on any atom is 0.146 e. The summed E-state index contributed by atoms with van der Waals surface area (Å²) in [6.07, 6.45) is 3.43. The maximum atomic E-state index is 6.21. The van der Waals surface area contributed by atoms with E-state index < -0.39 is 0 Å². The Morgan fingerprint density at radius 2 is 1.76 bits per heavy atom. The quantitative estimate of drug-likeness (QED) is 0.430. The highest BCUT2D eigenvalue weighted by molar-refractivity contribution is 7.23. The van der Waals surface area contributed by atoms with Gasteiger partial charge in [-0.25, -0.2) is 19.9 Å². The predicted molar refractivity (Wildman–Crippen MR) is 105 cm³/mol. The van der Waals surface area contributed by atoms with Crippen LogP contribution in [0.1, 0.15) is 24.4 Å². The summed E-state index contributed by atoms with van der Waals surface area (Å²) in [5.41, 5.74) is 22.1. The lowest BCUT2D eigenvalue weighted by Crippen LogP contribution is -2.09. The number of hydrogen-bond donors (Lipinski definition) is 4. The van der Waals surface area contributed by atoms with Crippen LogP contribution in [0.5, 0.6) is 0 Å². The van der Waals surface area contributed by atoms with Crippen LogP contribution in [0.2, 0.25) is 0 Å². The fourth-order valence-electron chi connectivity index (χ4n) is 2.47. The summed E-state index contributed by atoms with van der Waals surface area (Å²) in [6, 6.07) is -0.117. The van der Waals surface area contributed by atoms with Crippen LogP contribution in [0.3, 0.4) is 0 Å². The third kappa shape index (κ3) is 2.59. The molecule has 10 heteroatoms. The molecule has 25 heavy (non-hydrogen) atoms. The number of aromatic nitrogens is 4. The molecule has 1 unspecified atom stereocenters. The summed E-state index contributed by atoms with van der Waals surface area (Å²) in [5.74, 6) is 0. The van der Waals surface area contributed by atoms with E-state index in [-0.39, 0.29) is 6.04 Å². The van der Waals surface area contributed by atoms with E-state index in [4.69, 9.17) is 17.2 Å². The van der Waals surface area contributed by atoms with Crippen molar-refractivity contribution in [3.8, 4) is 0 Å². The Kier molecular flexibility index (Phi) is 3.58. The molecule has 0 amide bonds. The van der Waals surface area contributed by atoms with E-state index in [0.717, 1.165) is 26.0 Å². The van der Waals surface area contributed by atoms with Crippen molar-refractivity contribution in [3.05, 3.63) is 23.8 Å². The number of rotatable bonds is 3. The van der Waals surface area contributed by atoms with Gasteiger partial charge in [0.2, 0.25) is 0 Å². The van der Waals surface area contributed by atoms with Gasteiger partial charge in [-0.15, -0.1) is 0 Å². The Morgan fingerprint density at radius 1 is 0.960 bits per heavy atom. The molecule has 4 aromatic rings. The van der Waals surface area contributed by atoms with Crippen molar-refractivity contribution in [2.75, 3.05) is 22.5 Å². The molecule has 0 aliphatic carbocycles. The Bertz CT molecular complexity index is 1100. The predicted octanol–water partition coefficient (Wildman–Crippen LogP) is 2.92. The Balaban J connectivity index is 1.69. The summed E-state index contributed by atoms with van der Waals surface area (Å²) in [5, 5.41) is 4.72. The van der Waals surface area contributed by atoms with Crippen LogP contribution in [-0.2, 0) is 0 Å². The van der Waals surface area contributed by atoms with Gasteiger partial charge in [0.1, 0.15) is 30.7 Å². The number of aryl methyl sites for hydroxylation is 1. The first-order chi connectivity index (χ1) is 11.9. The second-order valence-corrected chi connectivity index (χ2v) is 7.73. The Labute approximate surface area is 151 Å². The number of anilines is 4. The summed E-state index contributed by atoms with van der Waals surface area (Å²) in [6.45, 7) is 3.89. The topological polar surface area (TPSA) is 142 Å². The average molecular weight is 372 g/mol. The van der Waals surface area contributed by atoms with E-state index in [9.17, 15) is 0 Å². The van der Waals surface area contributed by atoms with E-state index in [1.54, 1.807) is 12.4 Å². The molecule has 0 saturated carbocycles. The minimum Gasteiger partial charge on any atom is -0.395 e. The first-order valence-electron chi connectivity index (χ1n) is 7.52. The molecule has 0 spiro atoms. The minimum absolute atomic E-state index is 0.117. The summed E-state index contributed by atoms with van der Waals surface area (Å²) < 4.78 is 0. The molecule has 7 N–H and O–H groups in total. The number of nitrogens with two attached hydrogens (primary N) is 3. The Morgan fingerprint density at radius 3 is 2.56 bits per heavy atom. The molecule has 4 aromatic heterocycles. The molecule has 4 rings (SSSR count). The van der Waals surface area contributed by atoms with Crippen molar-refractivity contribution in [2.45, 2.75) is 19.9 Å². The molecule has 4 heterocycles. The molecule has 0 radical (unpaired) electrons. The van der Waals surface area contributed by atoms with Crippen molar-refractivity contribution in [1.29, 1.82) is 0 Å². The molecule has 0 aromatic carbocycles. The molecule has 0 bridgehead atoms. The second-order valence-electron chi connectivity index (χ2n) is 5.70. The fourth-order valence-corrected chi connectivity index (χ4v) is 4.33. The van der Waals surface area contributed by atoms with Crippen LogP contribution in [0.15, 0.2) is 12.4 Å². The lowest BCUT2D eigenvalue weighted by Gasteiger charge is -2.13. The standard InChI is InChI=1S/C15H16N8S2/c1-5-3-19-10-9(17)13(25-15(10)21-5)22-6(2)7-4-20-14-11(23-7)8(16)12(18)24-14/h3-4,6,22H,16-18H2,1-2H3. The van der Waals surface area contributed by atoms with Crippen molar-refractivity contribution < 1.29 is 0 Å². The van der Waals surface area contributed by atoms with Gasteiger partial charge in [-0.2, -0.15) is 0 Å². The zero-order valence-corrected chi connectivity index (χ0v) is 15.2. The fraction of sp³-hybridized carbons (Fsp3) is 0.200. The largest absolute Gasteiger partial charge is 0.395 e. The molecular formula is C15H16N8S2. The summed E-state index contributed by atoms with van der Waals surface area (Å²) >= 11 is 2.81. The SMILES string of the molecule is Cc1cnc2c(N)c(NC(C)c3cnc4sc(N)c(N)c4n3)sc2n1. The molecule has 128 valence electrons. The van der Waals surface area contributed by atoms with Gasteiger partial charge in [-0.1, -0.05) is 22.7 Å². The molecule has 0 saturated heterocycles. The van der Waals surface area contributed by atoms with Crippen LogP contribution in [0.25, 0.3) is 20.7 Å². The summed E-state index contributed by atoms with van der Waals surface area (Å²) in [4.78, 5) is 19.4. The zero-order valence-electron chi connectivity index (χ0n) is 13.6. The third-order valence-corrected chi connectivity index (χ3v) is 5.79. The molecule has 0 fully saturated rings. The van der Waals surface area contributed by atoms with Crippen molar-refractivity contribution in [1.82, 2.24) is 19.9 Å². The highest BCUT2D eigenvalue weighted by Gasteiger charge is 2.17. The van der Waals surface area contributed by atoms with Gasteiger partial charge in [-0.3, -0.25) is 0 Å². The molecule has 8 nitrogen and oxygen atoms in total. The van der Waals surface area contributed by atoms with Gasteiger partial charge in [-0.05, 0) is 13.8 Å². The van der Waals surface area contributed by atoms with Gasteiger partial charge in [0.05, 0.1) is 35.0 Å². The second kappa shape index (κ2) is 5.67. The maximum absolute atomic E-state index is 6.21. The molecular weight excluding hydrogens is 356 g/mol. The van der Waals surface area contributed by atoms with Crippen LogP contribution in [0, 0.1) is 6.92 Å². The van der Waals surface area contributed by atoms with Gasteiger partial charge >= 0.3 is 0 Å². The minimum atomic E-state index is -0.117. The van der Waals surface area contributed by atoms with E-state index in [2.05, 4.69) is 25.3 Å². The van der Waals surface area contributed by atoms with E-state index in [1.807, 2.05) is 13.8 Å². The first-order valence-corrected chi connectivity index (χ1v) is 9.16. The molecule has 0 aliphatic rings. The lowest BCUT2D eigenvalue weighted by atomic mass is 10.2. The van der Waals surface area contributed by atoms with Gasteiger partial charge in [0.25, 0.3) is 0 Å². The number of fused-ring (bicyclic) bond motifs is 2. The number of hydrogen-bond acceptors (Lipinski definition) is 10. The van der Waals surface area contributed by atoms with Crippen molar-refractivity contribution in [3.63, 3.8) is 0 Å². The van der Waals surface area contributed by atoms with Crippen LogP contribution < -0.4 is 22.5 Å². The van der Waals surface area contributed by atoms with E-state index in [0.29, 0.717) is 27.4 Å².